The van der Waals surface area contributed by atoms with Crippen molar-refractivity contribution < 1.29 is 4.79 Å². The summed E-state index contributed by atoms with van der Waals surface area (Å²) in [5.41, 5.74) is 6.58. The van der Waals surface area contributed by atoms with Crippen LogP contribution in [0.15, 0.2) is 6.07 Å². The number of Topliss-reactive ketones (excluding diaryl/α,β-unsaturated/α-hetero) is 1. The number of hydrogen-bond donors (Lipinski definition) is 1. The smallest absolute Gasteiger partial charge is 0.174 e. The monoisotopic (exact) mass is 267 g/mol. The molecule has 5 heteroatoms. The molecule has 0 atom stereocenters. The van der Waals surface area contributed by atoms with Crippen LogP contribution in [0.3, 0.4) is 0 Å². The summed E-state index contributed by atoms with van der Waals surface area (Å²) >= 11 is 1.54. The van der Waals surface area contributed by atoms with Gasteiger partial charge in [-0.1, -0.05) is 6.92 Å². The molecule has 2 N–H and O–H groups in total. The molecule has 0 radical (unpaired) electrons. The second-order valence-electron chi connectivity index (χ2n) is 4.79. The maximum Gasteiger partial charge on any atom is 0.174 e. The van der Waals surface area contributed by atoms with Crippen LogP contribution in [-0.2, 0) is 0 Å². The van der Waals surface area contributed by atoms with Crippen LogP contribution >= 0.6 is 11.3 Å². The fourth-order valence-electron chi connectivity index (χ4n) is 2.19. The van der Waals surface area contributed by atoms with E-state index < -0.39 is 0 Å². The van der Waals surface area contributed by atoms with Gasteiger partial charge in [-0.15, -0.1) is 11.3 Å². The van der Waals surface area contributed by atoms with Crippen LogP contribution < -0.4 is 10.6 Å². The number of anilines is 2. The predicted octanol–water partition coefficient (Wildman–Crippen LogP) is 2.06. The molecule has 1 aromatic heterocycles. The Hall–Kier alpha value is -1.07. The molecule has 4 nitrogen and oxygen atoms in total. The van der Waals surface area contributed by atoms with E-state index in [1.165, 1.54) is 0 Å². The number of nitrogen functional groups attached to an aromatic ring is 1. The molecule has 1 aliphatic heterocycles. The lowest BCUT2D eigenvalue weighted by molar-refractivity contribution is 0.0993. The summed E-state index contributed by atoms with van der Waals surface area (Å²) in [5.74, 6) is 0.149. The third-order valence-corrected chi connectivity index (χ3v) is 4.61. The number of thiophene rings is 1. The van der Waals surface area contributed by atoms with Gasteiger partial charge in [0, 0.05) is 26.1 Å². The van der Waals surface area contributed by atoms with Gasteiger partial charge in [-0.2, -0.15) is 0 Å². The van der Waals surface area contributed by atoms with E-state index in [0.717, 1.165) is 42.5 Å². The van der Waals surface area contributed by atoms with Crippen LogP contribution in [0.4, 0.5) is 10.7 Å². The van der Waals surface area contributed by atoms with Gasteiger partial charge in [-0.3, -0.25) is 4.79 Å². The Morgan fingerprint density at radius 3 is 2.89 bits per heavy atom. The van der Waals surface area contributed by atoms with Gasteiger partial charge in [-0.05, 0) is 26.1 Å². The van der Waals surface area contributed by atoms with Gasteiger partial charge < -0.3 is 15.5 Å². The summed E-state index contributed by atoms with van der Waals surface area (Å²) in [6.45, 7) is 6.13. The molecule has 0 amide bonds. The number of likely N-dealkylation sites (N-methyl/N-ethyl adjacent to an activating group) is 1. The molecule has 0 spiro atoms. The lowest BCUT2D eigenvalue weighted by atomic mass is 10.2. The Morgan fingerprint density at radius 2 is 2.17 bits per heavy atom. The number of nitrogens with zero attached hydrogens (tertiary/aromatic N) is 2. The Bertz CT molecular complexity index is 430. The van der Waals surface area contributed by atoms with E-state index in [-0.39, 0.29) is 5.78 Å². The first-order valence-electron chi connectivity index (χ1n) is 6.47. The number of ketones is 1. The minimum Gasteiger partial charge on any atom is -0.397 e. The van der Waals surface area contributed by atoms with Gasteiger partial charge in [0.2, 0.25) is 0 Å². The molecular weight excluding hydrogens is 246 g/mol. The maximum atomic E-state index is 11.8. The standard InChI is InChI=1S/C13H21N3OS/c1-3-11(17)13-10(14)9-12(18-13)16-6-4-5-15(2)7-8-16/h9H,3-8,14H2,1-2H3. The fourth-order valence-corrected chi connectivity index (χ4v) is 3.33. The number of hydrogen-bond acceptors (Lipinski definition) is 5. The van der Waals surface area contributed by atoms with Crippen LogP contribution in [0.25, 0.3) is 0 Å². The lowest BCUT2D eigenvalue weighted by Gasteiger charge is -2.20. The molecule has 0 aromatic carbocycles. The van der Waals surface area contributed by atoms with Crippen molar-refractivity contribution in [3.63, 3.8) is 0 Å². The van der Waals surface area contributed by atoms with E-state index in [1.807, 2.05) is 13.0 Å². The summed E-state index contributed by atoms with van der Waals surface area (Å²) in [6.07, 6.45) is 1.68. The van der Waals surface area contributed by atoms with E-state index >= 15 is 0 Å². The molecule has 0 unspecified atom stereocenters. The highest BCUT2D eigenvalue weighted by atomic mass is 32.1. The number of rotatable bonds is 3. The molecule has 2 heterocycles. The van der Waals surface area contributed by atoms with Crippen LogP contribution in [0, 0.1) is 0 Å². The van der Waals surface area contributed by atoms with E-state index in [9.17, 15) is 4.79 Å². The van der Waals surface area contributed by atoms with Crippen molar-refractivity contribution >= 4 is 27.8 Å². The molecule has 1 aromatic rings. The third-order valence-electron chi connectivity index (χ3n) is 3.35. The third kappa shape index (κ3) is 2.84. The van der Waals surface area contributed by atoms with Crippen molar-refractivity contribution in [2.45, 2.75) is 19.8 Å². The van der Waals surface area contributed by atoms with Crippen LogP contribution in [0.2, 0.25) is 0 Å². The zero-order chi connectivity index (χ0) is 13.1. The minimum absolute atomic E-state index is 0.149. The highest BCUT2D eigenvalue weighted by Crippen LogP contribution is 2.33. The van der Waals surface area contributed by atoms with Crippen molar-refractivity contribution in [1.29, 1.82) is 0 Å². The molecule has 1 aliphatic rings. The second kappa shape index (κ2) is 5.71. The number of nitrogens with two attached hydrogens (primary N) is 1. The second-order valence-corrected chi connectivity index (χ2v) is 5.82. The average molecular weight is 267 g/mol. The first kappa shape index (κ1) is 13.4. The molecule has 1 fully saturated rings. The van der Waals surface area contributed by atoms with Crippen molar-refractivity contribution in [3.8, 4) is 0 Å². The zero-order valence-corrected chi connectivity index (χ0v) is 11.9. The van der Waals surface area contributed by atoms with Crippen molar-refractivity contribution in [2.24, 2.45) is 0 Å². The van der Waals surface area contributed by atoms with Crippen molar-refractivity contribution in [2.75, 3.05) is 43.9 Å². The average Bonchev–Trinajstić information content (AvgIpc) is 2.60. The fraction of sp³-hybridized carbons (Fsp3) is 0.615. The molecule has 0 saturated carbocycles. The highest BCUT2D eigenvalue weighted by Gasteiger charge is 2.18. The SMILES string of the molecule is CCC(=O)c1sc(N2CCCN(C)CC2)cc1N. The van der Waals surface area contributed by atoms with Crippen molar-refractivity contribution in [1.82, 2.24) is 4.90 Å². The van der Waals surface area contributed by atoms with E-state index in [4.69, 9.17) is 5.73 Å². The molecule has 2 rings (SSSR count). The zero-order valence-electron chi connectivity index (χ0n) is 11.1. The van der Waals surface area contributed by atoms with Crippen LogP contribution in [0.1, 0.15) is 29.4 Å². The Morgan fingerprint density at radius 1 is 1.39 bits per heavy atom. The van der Waals surface area contributed by atoms with E-state index in [2.05, 4.69) is 16.8 Å². The molecule has 100 valence electrons. The van der Waals surface area contributed by atoms with Gasteiger partial charge in [-0.25, -0.2) is 0 Å². The molecule has 0 aliphatic carbocycles. The molecule has 1 saturated heterocycles. The molecule has 0 bridgehead atoms. The van der Waals surface area contributed by atoms with Gasteiger partial charge in [0.15, 0.2) is 5.78 Å². The summed E-state index contributed by atoms with van der Waals surface area (Å²) in [7, 11) is 2.15. The first-order valence-corrected chi connectivity index (χ1v) is 7.29. The Labute approximate surface area is 112 Å². The first-order chi connectivity index (χ1) is 8.61. The number of carbonyl (C=O) groups is 1. The van der Waals surface area contributed by atoms with Gasteiger partial charge in [0.1, 0.15) is 0 Å². The van der Waals surface area contributed by atoms with Crippen LogP contribution in [-0.4, -0.2) is 43.9 Å². The predicted molar refractivity (Wildman–Crippen MR) is 77.7 cm³/mol. The van der Waals surface area contributed by atoms with Gasteiger partial charge in [0.25, 0.3) is 0 Å². The van der Waals surface area contributed by atoms with E-state index in [1.54, 1.807) is 11.3 Å². The number of carbonyl (C=O) groups excluding carboxylic acids is 1. The summed E-state index contributed by atoms with van der Waals surface area (Å²) in [6, 6.07) is 1.96. The Balaban J connectivity index is 2.15. The summed E-state index contributed by atoms with van der Waals surface area (Å²) in [5, 5.41) is 1.14. The maximum absolute atomic E-state index is 11.8. The summed E-state index contributed by atoms with van der Waals surface area (Å²) < 4.78 is 0. The normalized spacial score (nSPS) is 17.8. The van der Waals surface area contributed by atoms with E-state index in [0.29, 0.717) is 12.1 Å². The molecular formula is C13H21N3OS. The highest BCUT2D eigenvalue weighted by molar-refractivity contribution is 7.18. The van der Waals surface area contributed by atoms with Crippen molar-refractivity contribution in [3.05, 3.63) is 10.9 Å². The topological polar surface area (TPSA) is 49.6 Å². The van der Waals surface area contributed by atoms with Gasteiger partial charge >= 0.3 is 0 Å². The molecule has 18 heavy (non-hydrogen) atoms. The van der Waals surface area contributed by atoms with Crippen LogP contribution in [0.5, 0.6) is 0 Å². The Kier molecular flexibility index (Phi) is 4.24. The lowest BCUT2D eigenvalue weighted by Crippen LogP contribution is -2.28. The summed E-state index contributed by atoms with van der Waals surface area (Å²) in [4.78, 5) is 17.2. The quantitative estimate of drug-likeness (QED) is 0.852. The largest absolute Gasteiger partial charge is 0.397 e. The minimum atomic E-state index is 0.149. The van der Waals surface area contributed by atoms with Gasteiger partial charge in [0.05, 0.1) is 15.6 Å².